The highest BCUT2D eigenvalue weighted by Crippen LogP contribution is 2.16. The third-order valence-electron chi connectivity index (χ3n) is 3.28. The molecule has 144 valence electrons. The zero-order valence-electron chi connectivity index (χ0n) is 16.2. The lowest BCUT2D eigenvalue weighted by Crippen LogP contribution is -2.48. The Balaban J connectivity index is 0.00000576. The minimum Gasteiger partial charge on any atom is -0.361 e. The second-order valence-corrected chi connectivity index (χ2v) is 6.58. The van der Waals surface area contributed by atoms with Gasteiger partial charge in [-0.3, -0.25) is 4.79 Å². The quantitative estimate of drug-likeness (QED) is 0.327. The van der Waals surface area contributed by atoms with Gasteiger partial charge in [-0.05, 0) is 34.1 Å². The smallest absolute Gasteiger partial charge is 0.239 e. The van der Waals surface area contributed by atoms with E-state index in [2.05, 4.69) is 26.1 Å². The van der Waals surface area contributed by atoms with Gasteiger partial charge in [-0.1, -0.05) is 19.0 Å². The molecule has 1 aromatic rings. The Morgan fingerprint density at radius 3 is 2.36 bits per heavy atom. The molecule has 0 aromatic carbocycles. The summed E-state index contributed by atoms with van der Waals surface area (Å²) in [7, 11) is 0. The standard InChI is InChI=1S/C17H31N5O2.HI/c1-7-13-12(14(8-2)24-22-13)10-19-16(18-9-3)20-11-15(23)21-17(4,5)6;/h7-11H2,1-6H3,(H,21,23)(H2,18,19,20);1H. The van der Waals surface area contributed by atoms with Crippen molar-refractivity contribution >= 4 is 35.8 Å². The van der Waals surface area contributed by atoms with Crippen molar-refractivity contribution in [1.82, 2.24) is 21.1 Å². The van der Waals surface area contributed by atoms with Crippen molar-refractivity contribution in [3.05, 3.63) is 17.0 Å². The summed E-state index contributed by atoms with van der Waals surface area (Å²) in [5.74, 6) is 1.41. The summed E-state index contributed by atoms with van der Waals surface area (Å²) in [4.78, 5) is 16.5. The number of nitrogens with one attached hydrogen (secondary N) is 3. The highest BCUT2D eigenvalue weighted by molar-refractivity contribution is 14.0. The number of amides is 1. The predicted molar refractivity (Wildman–Crippen MR) is 111 cm³/mol. The van der Waals surface area contributed by atoms with E-state index in [0.717, 1.165) is 36.4 Å². The van der Waals surface area contributed by atoms with Gasteiger partial charge in [0.25, 0.3) is 0 Å². The summed E-state index contributed by atoms with van der Waals surface area (Å²) < 4.78 is 5.36. The SMILES string of the molecule is CCNC(=NCc1c(CC)noc1CC)NCC(=O)NC(C)(C)C.I. The van der Waals surface area contributed by atoms with Crippen LogP contribution in [0.2, 0.25) is 0 Å². The van der Waals surface area contributed by atoms with E-state index in [4.69, 9.17) is 4.52 Å². The maximum absolute atomic E-state index is 11.9. The Morgan fingerprint density at radius 2 is 1.84 bits per heavy atom. The Kier molecular flexibility index (Phi) is 10.7. The molecule has 1 amide bonds. The molecule has 0 aliphatic heterocycles. The fourth-order valence-electron chi connectivity index (χ4n) is 2.24. The number of aromatic nitrogens is 1. The van der Waals surface area contributed by atoms with Gasteiger partial charge in [0.05, 0.1) is 18.8 Å². The Labute approximate surface area is 167 Å². The zero-order chi connectivity index (χ0) is 18.2. The Hall–Kier alpha value is -1.32. The monoisotopic (exact) mass is 465 g/mol. The lowest BCUT2D eigenvalue weighted by molar-refractivity contribution is -0.121. The molecule has 0 fully saturated rings. The first-order valence-corrected chi connectivity index (χ1v) is 8.60. The molecule has 0 spiro atoms. The zero-order valence-corrected chi connectivity index (χ0v) is 18.5. The molecule has 8 heteroatoms. The number of hydrogen-bond acceptors (Lipinski definition) is 4. The van der Waals surface area contributed by atoms with Crippen LogP contribution in [0.5, 0.6) is 0 Å². The number of halogens is 1. The molecular formula is C17H32IN5O2. The number of aliphatic imine (C=N–C) groups is 1. The highest BCUT2D eigenvalue weighted by atomic mass is 127. The van der Waals surface area contributed by atoms with Crippen LogP contribution >= 0.6 is 24.0 Å². The topological polar surface area (TPSA) is 91.6 Å². The minimum absolute atomic E-state index is 0. The van der Waals surface area contributed by atoms with E-state index >= 15 is 0 Å². The van der Waals surface area contributed by atoms with Crippen molar-refractivity contribution in [1.29, 1.82) is 0 Å². The van der Waals surface area contributed by atoms with Crippen molar-refractivity contribution < 1.29 is 9.32 Å². The van der Waals surface area contributed by atoms with Gasteiger partial charge in [-0.25, -0.2) is 4.99 Å². The van der Waals surface area contributed by atoms with Crippen molar-refractivity contribution in [2.24, 2.45) is 4.99 Å². The summed E-state index contributed by atoms with van der Waals surface area (Å²) in [6, 6.07) is 0. The van der Waals surface area contributed by atoms with Gasteiger partial charge in [0.1, 0.15) is 5.76 Å². The fourth-order valence-corrected chi connectivity index (χ4v) is 2.24. The fraction of sp³-hybridized carbons (Fsp3) is 0.706. The van der Waals surface area contributed by atoms with E-state index in [1.807, 2.05) is 41.5 Å². The van der Waals surface area contributed by atoms with Gasteiger partial charge in [0.2, 0.25) is 5.91 Å². The number of aryl methyl sites for hydroxylation is 2. The largest absolute Gasteiger partial charge is 0.361 e. The molecule has 0 aliphatic rings. The van der Waals surface area contributed by atoms with Gasteiger partial charge in [-0.2, -0.15) is 0 Å². The van der Waals surface area contributed by atoms with Crippen molar-refractivity contribution in [2.75, 3.05) is 13.1 Å². The van der Waals surface area contributed by atoms with Gasteiger partial charge >= 0.3 is 0 Å². The summed E-state index contributed by atoms with van der Waals surface area (Å²) >= 11 is 0. The second-order valence-electron chi connectivity index (χ2n) is 6.58. The molecule has 0 saturated carbocycles. The van der Waals surface area contributed by atoms with Crippen molar-refractivity contribution in [3.8, 4) is 0 Å². The van der Waals surface area contributed by atoms with Crippen LogP contribution in [0.3, 0.4) is 0 Å². The second kappa shape index (κ2) is 11.3. The van der Waals surface area contributed by atoms with Gasteiger partial charge in [0.15, 0.2) is 5.96 Å². The normalized spacial score (nSPS) is 11.7. The first-order valence-electron chi connectivity index (χ1n) is 8.60. The van der Waals surface area contributed by atoms with Crippen LogP contribution in [0.25, 0.3) is 0 Å². The Morgan fingerprint density at radius 1 is 1.16 bits per heavy atom. The third kappa shape index (κ3) is 8.55. The molecule has 0 atom stereocenters. The van der Waals surface area contributed by atoms with Crippen LogP contribution in [0.1, 0.15) is 58.6 Å². The third-order valence-corrected chi connectivity index (χ3v) is 3.28. The molecule has 7 nitrogen and oxygen atoms in total. The number of guanidine groups is 1. The van der Waals surface area contributed by atoms with Gasteiger partial charge in [-0.15, -0.1) is 24.0 Å². The first kappa shape index (κ1) is 23.7. The molecule has 0 aliphatic carbocycles. The van der Waals surface area contributed by atoms with Crippen LogP contribution in [0, 0.1) is 0 Å². The predicted octanol–water partition coefficient (Wildman–Crippen LogP) is 2.39. The summed E-state index contributed by atoms with van der Waals surface area (Å²) in [6.45, 7) is 13.3. The Bertz CT molecular complexity index is 542. The molecule has 0 unspecified atom stereocenters. The van der Waals surface area contributed by atoms with E-state index in [0.29, 0.717) is 12.5 Å². The number of carbonyl (C=O) groups excluding carboxylic acids is 1. The molecule has 25 heavy (non-hydrogen) atoms. The molecular weight excluding hydrogens is 433 g/mol. The van der Waals surface area contributed by atoms with Crippen LogP contribution < -0.4 is 16.0 Å². The molecule has 0 saturated heterocycles. The van der Waals surface area contributed by atoms with E-state index in [1.165, 1.54) is 0 Å². The maximum atomic E-state index is 11.9. The van der Waals surface area contributed by atoms with Crippen molar-refractivity contribution in [3.63, 3.8) is 0 Å². The average Bonchev–Trinajstić information content (AvgIpc) is 2.90. The van der Waals surface area contributed by atoms with E-state index in [9.17, 15) is 4.79 Å². The van der Waals surface area contributed by atoms with E-state index < -0.39 is 0 Å². The number of carbonyl (C=O) groups is 1. The van der Waals surface area contributed by atoms with E-state index in [1.54, 1.807) is 0 Å². The summed E-state index contributed by atoms with van der Waals surface area (Å²) in [6.07, 6.45) is 1.60. The van der Waals surface area contributed by atoms with Crippen LogP contribution in [0.4, 0.5) is 0 Å². The number of hydrogen-bond donors (Lipinski definition) is 3. The lowest BCUT2D eigenvalue weighted by Gasteiger charge is -2.21. The summed E-state index contributed by atoms with van der Waals surface area (Å²) in [5, 5.41) is 13.2. The first-order chi connectivity index (χ1) is 11.3. The minimum atomic E-state index is -0.247. The molecule has 1 rings (SSSR count). The van der Waals surface area contributed by atoms with E-state index in [-0.39, 0.29) is 42.0 Å². The van der Waals surface area contributed by atoms with Crippen LogP contribution in [-0.4, -0.2) is 35.7 Å². The molecule has 1 aromatic heterocycles. The average molecular weight is 465 g/mol. The van der Waals surface area contributed by atoms with Gasteiger partial charge < -0.3 is 20.5 Å². The molecule has 1 heterocycles. The molecule has 0 radical (unpaired) electrons. The highest BCUT2D eigenvalue weighted by Gasteiger charge is 2.15. The van der Waals surface area contributed by atoms with Crippen LogP contribution in [0.15, 0.2) is 9.52 Å². The molecule has 3 N–H and O–H groups in total. The summed E-state index contributed by atoms with van der Waals surface area (Å²) in [5.41, 5.74) is 1.73. The number of rotatable bonds is 7. The lowest BCUT2D eigenvalue weighted by atomic mass is 10.1. The molecule has 0 bridgehead atoms. The van der Waals surface area contributed by atoms with Gasteiger partial charge in [0, 0.05) is 24.1 Å². The maximum Gasteiger partial charge on any atom is 0.239 e. The van der Waals surface area contributed by atoms with Crippen molar-refractivity contribution in [2.45, 2.75) is 66.5 Å². The van der Waals surface area contributed by atoms with Crippen LogP contribution in [-0.2, 0) is 24.2 Å². The number of nitrogens with zero attached hydrogens (tertiary/aromatic N) is 2.